The molecule has 0 radical (unpaired) electrons. The highest BCUT2D eigenvalue weighted by Gasteiger charge is 2.42. The van der Waals surface area contributed by atoms with Crippen molar-refractivity contribution in [2.45, 2.75) is 31.0 Å². The molecular formula is C8H15NO4. The topological polar surface area (TPSA) is 73.2 Å². The Morgan fingerprint density at radius 3 is 2.69 bits per heavy atom. The smallest absolute Gasteiger partial charge is 0.139 e. The fourth-order valence-electron chi connectivity index (χ4n) is 1.96. The first-order valence-corrected chi connectivity index (χ1v) is 4.60. The van der Waals surface area contributed by atoms with Gasteiger partial charge >= 0.3 is 0 Å². The van der Waals surface area contributed by atoms with Gasteiger partial charge in [0.05, 0.1) is 12.7 Å². The minimum Gasteiger partial charge on any atom is -0.389 e. The van der Waals surface area contributed by atoms with Crippen LogP contribution in [0.3, 0.4) is 0 Å². The molecule has 76 valence electrons. The van der Waals surface area contributed by atoms with Crippen LogP contribution in [0, 0.1) is 0 Å². The van der Waals surface area contributed by atoms with E-state index in [1.165, 1.54) is 0 Å². The Bertz CT molecular complexity index is 187. The minimum absolute atomic E-state index is 0.378. The Hall–Kier alpha value is -0.200. The van der Waals surface area contributed by atoms with E-state index >= 15 is 0 Å². The highest BCUT2D eigenvalue weighted by Crippen LogP contribution is 2.22. The van der Waals surface area contributed by atoms with Crippen molar-refractivity contribution in [3.63, 3.8) is 0 Å². The largest absolute Gasteiger partial charge is 0.389 e. The molecule has 2 rings (SSSR count). The zero-order valence-corrected chi connectivity index (χ0v) is 7.33. The van der Waals surface area contributed by atoms with Gasteiger partial charge in [-0.1, -0.05) is 0 Å². The summed E-state index contributed by atoms with van der Waals surface area (Å²) in [5, 5.41) is 28.3. The van der Waals surface area contributed by atoms with Gasteiger partial charge < -0.3 is 20.1 Å². The highest BCUT2D eigenvalue weighted by atomic mass is 16.5. The first-order chi connectivity index (χ1) is 6.20. The monoisotopic (exact) mass is 189 g/mol. The van der Waals surface area contributed by atoms with E-state index in [-0.39, 0.29) is 0 Å². The Morgan fingerprint density at radius 1 is 1.15 bits per heavy atom. The normalized spacial score (nSPS) is 47.3. The average molecular weight is 189 g/mol. The maximum atomic E-state index is 9.57. The van der Waals surface area contributed by atoms with Crippen molar-refractivity contribution in [2.75, 3.05) is 19.7 Å². The van der Waals surface area contributed by atoms with E-state index in [4.69, 9.17) is 4.74 Å². The van der Waals surface area contributed by atoms with E-state index in [0.717, 1.165) is 13.0 Å². The van der Waals surface area contributed by atoms with Crippen LogP contribution in [0.1, 0.15) is 6.42 Å². The van der Waals surface area contributed by atoms with Crippen LogP contribution in [0.25, 0.3) is 0 Å². The molecule has 2 heterocycles. The molecule has 0 spiro atoms. The molecule has 0 aromatic rings. The van der Waals surface area contributed by atoms with Crippen LogP contribution in [0.4, 0.5) is 0 Å². The van der Waals surface area contributed by atoms with E-state index in [0.29, 0.717) is 13.2 Å². The fraction of sp³-hybridized carbons (Fsp3) is 1.00. The van der Waals surface area contributed by atoms with E-state index in [9.17, 15) is 15.3 Å². The SMILES string of the molecule is O[C@@H]1[C@H](O)[C@H]2OCCCN2C[C@H]1O. The Labute approximate surface area is 76.5 Å². The molecule has 13 heavy (non-hydrogen) atoms. The van der Waals surface area contributed by atoms with Gasteiger partial charge in [-0.05, 0) is 6.42 Å². The molecule has 0 aliphatic carbocycles. The van der Waals surface area contributed by atoms with Gasteiger partial charge in [-0.2, -0.15) is 0 Å². The van der Waals surface area contributed by atoms with Gasteiger partial charge in [0.2, 0.25) is 0 Å². The van der Waals surface area contributed by atoms with Crippen LogP contribution in [0.2, 0.25) is 0 Å². The summed E-state index contributed by atoms with van der Waals surface area (Å²) in [5.74, 6) is 0. The van der Waals surface area contributed by atoms with Crippen LogP contribution in [-0.4, -0.2) is 64.5 Å². The number of fused-ring (bicyclic) bond motifs is 1. The van der Waals surface area contributed by atoms with Gasteiger partial charge in [0.15, 0.2) is 0 Å². The number of hydrogen-bond acceptors (Lipinski definition) is 5. The van der Waals surface area contributed by atoms with Gasteiger partial charge in [-0.3, -0.25) is 4.90 Å². The van der Waals surface area contributed by atoms with Crippen molar-refractivity contribution in [1.29, 1.82) is 0 Å². The van der Waals surface area contributed by atoms with Crippen LogP contribution in [-0.2, 0) is 4.74 Å². The highest BCUT2D eigenvalue weighted by molar-refractivity contribution is 4.91. The molecule has 5 heteroatoms. The van der Waals surface area contributed by atoms with E-state index in [1.807, 2.05) is 4.90 Å². The molecule has 5 nitrogen and oxygen atoms in total. The van der Waals surface area contributed by atoms with Gasteiger partial charge in [0.1, 0.15) is 18.4 Å². The second-order valence-electron chi connectivity index (χ2n) is 3.66. The number of piperidine rings is 1. The molecule has 2 aliphatic rings. The first kappa shape index (κ1) is 9.36. The molecule has 0 aromatic heterocycles. The van der Waals surface area contributed by atoms with Gasteiger partial charge in [0.25, 0.3) is 0 Å². The molecule has 0 bridgehead atoms. The number of aliphatic hydroxyl groups is 3. The lowest BCUT2D eigenvalue weighted by Gasteiger charge is -2.45. The van der Waals surface area contributed by atoms with Crippen LogP contribution >= 0.6 is 0 Å². The zero-order chi connectivity index (χ0) is 9.42. The van der Waals surface area contributed by atoms with Gasteiger partial charge in [-0.15, -0.1) is 0 Å². The van der Waals surface area contributed by atoms with Crippen molar-refractivity contribution in [3.8, 4) is 0 Å². The van der Waals surface area contributed by atoms with Crippen LogP contribution in [0.15, 0.2) is 0 Å². The summed E-state index contributed by atoms with van der Waals surface area (Å²) in [6.45, 7) is 1.80. The summed E-state index contributed by atoms with van der Waals surface area (Å²) in [5.41, 5.74) is 0. The lowest BCUT2D eigenvalue weighted by Crippen LogP contribution is -2.63. The van der Waals surface area contributed by atoms with E-state index < -0.39 is 24.5 Å². The van der Waals surface area contributed by atoms with Crippen LogP contribution < -0.4 is 0 Å². The molecule has 2 saturated heterocycles. The average Bonchev–Trinajstić information content (AvgIpc) is 2.15. The fourth-order valence-corrected chi connectivity index (χ4v) is 1.96. The Kier molecular flexibility index (Phi) is 2.53. The molecule has 4 atom stereocenters. The summed E-state index contributed by atoms with van der Waals surface area (Å²) in [7, 11) is 0. The van der Waals surface area contributed by atoms with E-state index in [1.54, 1.807) is 0 Å². The summed E-state index contributed by atoms with van der Waals surface area (Å²) >= 11 is 0. The van der Waals surface area contributed by atoms with Crippen molar-refractivity contribution >= 4 is 0 Å². The standard InChI is InChI=1S/C8H15NO4/c10-5-4-9-2-1-3-13-8(9)7(12)6(5)11/h5-8,10-12H,1-4H2/t5-,6+,7+,8-/m1/s1. The third-order valence-electron chi connectivity index (χ3n) is 2.70. The van der Waals surface area contributed by atoms with Gasteiger partial charge in [0, 0.05) is 13.1 Å². The molecule has 0 amide bonds. The third kappa shape index (κ3) is 1.58. The zero-order valence-electron chi connectivity index (χ0n) is 7.33. The Morgan fingerprint density at radius 2 is 1.92 bits per heavy atom. The molecular weight excluding hydrogens is 174 g/mol. The van der Waals surface area contributed by atoms with Crippen molar-refractivity contribution in [2.24, 2.45) is 0 Å². The number of rotatable bonds is 0. The lowest BCUT2D eigenvalue weighted by atomic mass is 9.99. The number of nitrogens with zero attached hydrogens (tertiary/aromatic N) is 1. The van der Waals surface area contributed by atoms with E-state index in [2.05, 4.69) is 0 Å². The molecule has 0 aromatic carbocycles. The number of hydrogen-bond donors (Lipinski definition) is 3. The second-order valence-corrected chi connectivity index (χ2v) is 3.66. The minimum atomic E-state index is -1.08. The summed E-state index contributed by atoms with van der Waals surface area (Å²) in [4.78, 5) is 1.87. The van der Waals surface area contributed by atoms with Crippen molar-refractivity contribution in [1.82, 2.24) is 4.90 Å². The maximum Gasteiger partial charge on any atom is 0.139 e. The van der Waals surface area contributed by atoms with Crippen molar-refractivity contribution in [3.05, 3.63) is 0 Å². The molecule has 3 N–H and O–H groups in total. The predicted molar refractivity (Wildman–Crippen MR) is 44.0 cm³/mol. The molecule has 2 aliphatic heterocycles. The summed E-state index contributed by atoms with van der Waals surface area (Å²) in [6.07, 6.45) is -2.48. The van der Waals surface area contributed by atoms with Crippen LogP contribution in [0.5, 0.6) is 0 Å². The molecule has 0 saturated carbocycles. The second kappa shape index (κ2) is 3.51. The lowest BCUT2D eigenvalue weighted by molar-refractivity contribution is -0.228. The number of ether oxygens (including phenoxy) is 1. The Balaban J connectivity index is 2.08. The predicted octanol–water partition coefficient (Wildman–Crippen LogP) is -1.87. The molecule has 2 fully saturated rings. The summed E-state index contributed by atoms with van der Waals surface area (Å²) in [6, 6.07) is 0. The number of aliphatic hydroxyl groups excluding tert-OH is 3. The van der Waals surface area contributed by atoms with Gasteiger partial charge in [-0.25, -0.2) is 0 Å². The quantitative estimate of drug-likeness (QED) is 0.416. The third-order valence-corrected chi connectivity index (χ3v) is 2.70. The maximum absolute atomic E-state index is 9.57. The molecule has 0 unspecified atom stereocenters. The van der Waals surface area contributed by atoms with Crippen molar-refractivity contribution < 1.29 is 20.1 Å². The first-order valence-electron chi connectivity index (χ1n) is 4.60. The summed E-state index contributed by atoms with van der Waals surface area (Å²) < 4.78 is 5.32.